The highest BCUT2D eigenvalue weighted by Gasteiger charge is 1.89. The monoisotopic (exact) mass is 195 g/mol. The Balaban J connectivity index is 2.93. The summed E-state index contributed by atoms with van der Waals surface area (Å²) in [6.45, 7) is 6.68. The van der Waals surface area contributed by atoms with E-state index in [4.69, 9.17) is 6.57 Å². The molecular formula is C8H6BrN. The van der Waals surface area contributed by atoms with Crippen molar-refractivity contribution in [2.75, 3.05) is 0 Å². The molecule has 0 unspecified atom stereocenters. The first kappa shape index (κ1) is 7.30. The van der Waals surface area contributed by atoms with Crippen molar-refractivity contribution in [1.82, 2.24) is 0 Å². The molecule has 0 aliphatic rings. The summed E-state index contributed by atoms with van der Waals surface area (Å²) in [5, 5.41) is 0.852. The van der Waals surface area contributed by atoms with E-state index < -0.39 is 0 Å². The van der Waals surface area contributed by atoms with Crippen molar-refractivity contribution < 1.29 is 0 Å². The third-order valence-electron chi connectivity index (χ3n) is 1.22. The fourth-order valence-corrected chi connectivity index (χ4v) is 1.03. The average Bonchev–Trinajstić information content (AvgIpc) is 2.05. The van der Waals surface area contributed by atoms with Gasteiger partial charge >= 0.3 is 0 Å². The lowest BCUT2D eigenvalue weighted by atomic mass is 10.2. The quantitative estimate of drug-likeness (QED) is 0.480. The van der Waals surface area contributed by atoms with Gasteiger partial charge in [0.05, 0.1) is 6.57 Å². The van der Waals surface area contributed by atoms with Gasteiger partial charge in [-0.25, -0.2) is 4.85 Å². The molecule has 0 spiro atoms. The van der Waals surface area contributed by atoms with E-state index in [9.17, 15) is 0 Å². The van der Waals surface area contributed by atoms with E-state index in [-0.39, 0.29) is 0 Å². The molecule has 1 aromatic carbocycles. The minimum Gasteiger partial charge on any atom is -0.238 e. The van der Waals surface area contributed by atoms with Gasteiger partial charge in [-0.3, -0.25) is 0 Å². The molecule has 1 aromatic rings. The molecule has 0 amide bonds. The zero-order valence-corrected chi connectivity index (χ0v) is 6.93. The minimum absolute atomic E-state index is 0.699. The molecule has 10 heavy (non-hydrogen) atoms. The number of rotatable bonds is 1. The van der Waals surface area contributed by atoms with E-state index in [1.807, 2.05) is 24.3 Å². The number of hydrogen-bond donors (Lipinski definition) is 0. The van der Waals surface area contributed by atoms with Gasteiger partial charge in [-0.1, -0.05) is 40.2 Å². The smallest absolute Gasteiger partial charge is 0.187 e. The molecule has 1 rings (SSSR count). The summed E-state index contributed by atoms with van der Waals surface area (Å²) in [6.07, 6.45) is 0. The van der Waals surface area contributed by atoms with Crippen LogP contribution in [0.5, 0.6) is 0 Å². The summed E-state index contributed by atoms with van der Waals surface area (Å²) in [6, 6.07) is 7.54. The molecule has 0 bridgehead atoms. The van der Waals surface area contributed by atoms with E-state index in [1.165, 1.54) is 5.56 Å². The highest BCUT2D eigenvalue weighted by atomic mass is 79.9. The lowest BCUT2D eigenvalue weighted by molar-refractivity contribution is 1.44. The Morgan fingerprint density at radius 2 is 1.90 bits per heavy atom. The molecule has 0 saturated heterocycles. The fraction of sp³-hybridized carbons (Fsp3) is 0.125. The number of nitrogens with zero attached hydrogens (tertiary/aromatic N) is 1. The summed E-state index contributed by atoms with van der Waals surface area (Å²) in [4.78, 5) is 3.28. The molecule has 0 aromatic heterocycles. The van der Waals surface area contributed by atoms with Gasteiger partial charge in [-0.2, -0.15) is 0 Å². The van der Waals surface area contributed by atoms with Gasteiger partial charge in [0.25, 0.3) is 0 Å². The highest BCUT2D eigenvalue weighted by molar-refractivity contribution is 9.08. The number of benzene rings is 1. The Hall–Kier alpha value is -0.810. The highest BCUT2D eigenvalue weighted by Crippen LogP contribution is 2.13. The summed E-state index contributed by atoms with van der Waals surface area (Å²) in [5.74, 6) is 0. The van der Waals surface area contributed by atoms with Crippen LogP contribution in [0.4, 0.5) is 5.69 Å². The van der Waals surface area contributed by atoms with Crippen molar-refractivity contribution in [2.24, 2.45) is 0 Å². The van der Waals surface area contributed by atoms with Crippen molar-refractivity contribution in [2.45, 2.75) is 5.33 Å². The maximum absolute atomic E-state index is 6.68. The lowest BCUT2D eigenvalue weighted by Crippen LogP contribution is -1.72. The van der Waals surface area contributed by atoms with E-state index in [0.717, 1.165) is 5.33 Å². The standard InChI is InChI=1S/C8H6BrN/c1-10-8-4-2-7(6-9)3-5-8/h2-5H,6H2. The Morgan fingerprint density at radius 1 is 1.30 bits per heavy atom. The number of halogens is 1. The maximum atomic E-state index is 6.68. The molecule has 0 atom stereocenters. The van der Waals surface area contributed by atoms with Crippen LogP contribution in [0.2, 0.25) is 0 Å². The van der Waals surface area contributed by atoms with Crippen molar-refractivity contribution in [3.05, 3.63) is 41.2 Å². The minimum atomic E-state index is 0.699. The first-order chi connectivity index (χ1) is 4.86. The second-order valence-corrected chi connectivity index (χ2v) is 2.47. The molecule has 0 radical (unpaired) electrons. The average molecular weight is 196 g/mol. The van der Waals surface area contributed by atoms with Crippen molar-refractivity contribution in [3.63, 3.8) is 0 Å². The SMILES string of the molecule is [C-]#[N+]c1ccc(CBr)cc1. The molecule has 0 N–H and O–H groups in total. The zero-order valence-electron chi connectivity index (χ0n) is 5.34. The van der Waals surface area contributed by atoms with Crippen LogP contribution in [0.1, 0.15) is 5.56 Å². The van der Waals surface area contributed by atoms with E-state index in [2.05, 4.69) is 20.8 Å². The summed E-state index contributed by atoms with van der Waals surface area (Å²) in [5.41, 5.74) is 1.90. The van der Waals surface area contributed by atoms with Gasteiger partial charge in [-0.15, -0.1) is 0 Å². The largest absolute Gasteiger partial charge is 0.238 e. The van der Waals surface area contributed by atoms with Gasteiger partial charge in [0.15, 0.2) is 5.69 Å². The molecule has 0 fully saturated rings. The summed E-state index contributed by atoms with van der Waals surface area (Å²) in [7, 11) is 0. The van der Waals surface area contributed by atoms with Crippen LogP contribution in [0.25, 0.3) is 4.85 Å². The predicted octanol–water partition coefficient (Wildman–Crippen LogP) is 3.13. The van der Waals surface area contributed by atoms with Gasteiger partial charge in [0.2, 0.25) is 0 Å². The second kappa shape index (κ2) is 3.38. The van der Waals surface area contributed by atoms with Crippen molar-refractivity contribution in [3.8, 4) is 0 Å². The Bertz CT molecular complexity index is 245. The molecule has 2 heteroatoms. The maximum Gasteiger partial charge on any atom is 0.187 e. The van der Waals surface area contributed by atoms with Crippen molar-refractivity contribution in [1.29, 1.82) is 0 Å². The van der Waals surface area contributed by atoms with Crippen LogP contribution in [0.15, 0.2) is 24.3 Å². The van der Waals surface area contributed by atoms with Crippen LogP contribution < -0.4 is 0 Å². The molecule has 0 aliphatic heterocycles. The Labute approximate surface area is 68.6 Å². The third-order valence-corrected chi connectivity index (χ3v) is 1.87. The molecule has 0 aliphatic carbocycles. The lowest BCUT2D eigenvalue weighted by Gasteiger charge is -1.92. The fourth-order valence-electron chi connectivity index (χ4n) is 0.660. The molecule has 0 saturated carbocycles. The van der Waals surface area contributed by atoms with E-state index in [1.54, 1.807) is 0 Å². The van der Waals surface area contributed by atoms with Gasteiger partial charge in [0.1, 0.15) is 0 Å². The Morgan fingerprint density at radius 3 is 2.30 bits per heavy atom. The van der Waals surface area contributed by atoms with Gasteiger partial charge in [0, 0.05) is 5.33 Å². The zero-order chi connectivity index (χ0) is 7.40. The van der Waals surface area contributed by atoms with E-state index in [0.29, 0.717) is 5.69 Å². The summed E-state index contributed by atoms with van der Waals surface area (Å²) >= 11 is 3.33. The predicted molar refractivity (Wildman–Crippen MR) is 45.3 cm³/mol. The van der Waals surface area contributed by atoms with Crippen LogP contribution in [-0.4, -0.2) is 0 Å². The topological polar surface area (TPSA) is 4.36 Å². The van der Waals surface area contributed by atoms with Crippen LogP contribution in [0, 0.1) is 6.57 Å². The third kappa shape index (κ3) is 1.58. The van der Waals surface area contributed by atoms with Crippen molar-refractivity contribution >= 4 is 21.6 Å². The molecule has 1 nitrogen and oxygen atoms in total. The van der Waals surface area contributed by atoms with E-state index >= 15 is 0 Å². The molecule has 50 valence electrons. The normalized spacial score (nSPS) is 8.80. The first-order valence-corrected chi connectivity index (χ1v) is 4.01. The van der Waals surface area contributed by atoms with Crippen LogP contribution in [0.3, 0.4) is 0 Å². The molecular weight excluding hydrogens is 190 g/mol. The van der Waals surface area contributed by atoms with Crippen LogP contribution >= 0.6 is 15.9 Å². The molecule has 0 heterocycles. The summed E-state index contributed by atoms with van der Waals surface area (Å²) < 4.78 is 0. The van der Waals surface area contributed by atoms with Gasteiger partial charge < -0.3 is 0 Å². The second-order valence-electron chi connectivity index (χ2n) is 1.91. The first-order valence-electron chi connectivity index (χ1n) is 2.89. The Kier molecular flexibility index (Phi) is 2.47. The van der Waals surface area contributed by atoms with Gasteiger partial charge in [-0.05, 0) is 5.56 Å². The number of hydrogen-bond acceptors (Lipinski definition) is 0. The van der Waals surface area contributed by atoms with Crippen LogP contribution in [-0.2, 0) is 5.33 Å². The number of alkyl halides is 1.